The van der Waals surface area contributed by atoms with Gasteiger partial charge in [0.2, 0.25) is 0 Å². The summed E-state index contributed by atoms with van der Waals surface area (Å²) >= 11 is 0. The van der Waals surface area contributed by atoms with Crippen LogP contribution >= 0.6 is 0 Å². The Kier molecular flexibility index (Phi) is 4.04. The van der Waals surface area contributed by atoms with E-state index in [4.69, 9.17) is 4.74 Å². The number of hydrogen-bond donors (Lipinski definition) is 0. The van der Waals surface area contributed by atoms with Gasteiger partial charge in [0.05, 0.1) is 23.9 Å². The van der Waals surface area contributed by atoms with Gasteiger partial charge in [-0.25, -0.2) is 4.98 Å². The molecule has 6 heteroatoms. The first-order valence-corrected chi connectivity index (χ1v) is 6.51. The maximum Gasteiger partial charge on any atom is 0.255 e. The van der Waals surface area contributed by atoms with E-state index in [1.165, 1.54) is 0 Å². The van der Waals surface area contributed by atoms with E-state index < -0.39 is 0 Å². The van der Waals surface area contributed by atoms with E-state index in [-0.39, 0.29) is 11.9 Å². The predicted molar refractivity (Wildman–Crippen MR) is 76.7 cm³/mol. The van der Waals surface area contributed by atoms with Crippen molar-refractivity contribution < 1.29 is 9.53 Å². The fourth-order valence-corrected chi connectivity index (χ4v) is 2.18. The number of nitrogens with zero attached hydrogens (tertiary/aromatic N) is 4. The normalized spacial score (nSPS) is 12.7. The Hall–Kier alpha value is -1.95. The van der Waals surface area contributed by atoms with E-state index in [0.717, 1.165) is 16.7 Å². The van der Waals surface area contributed by atoms with Crippen LogP contribution in [0.3, 0.4) is 0 Å². The lowest BCUT2D eigenvalue weighted by Crippen LogP contribution is -2.37. The molecule has 2 aromatic rings. The highest BCUT2D eigenvalue weighted by Crippen LogP contribution is 2.17. The summed E-state index contributed by atoms with van der Waals surface area (Å²) in [6, 6.07) is 1.86. The molecule has 2 rings (SSSR count). The number of rotatable bonds is 4. The third kappa shape index (κ3) is 2.51. The van der Waals surface area contributed by atoms with Gasteiger partial charge < -0.3 is 9.64 Å². The number of fused-ring (bicyclic) bond motifs is 1. The molecule has 0 aliphatic carbocycles. The van der Waals surface area contributed by atoms with E-state index in [9.17, 15) is 4.79 Å². The van der Waals surface area contributed by atoms with Crippen LogP contribution in [0.2, 0.25) is 0 Å². The number of aromatic nitrogens is 3. The lowest BCUT2D eigenvalue weighted by molar-refractivity contribution is 0.0633. The highest BCUT2D eigenvalue weighted by Gasteiger charge is 2.19. The molecule has 0 spiro atoms. The lowest BCUT2D eigenvalue weighted by Gasteiger charge is -2.24. The van der Waals surface area contributed by atoms with Crippen LogP contribution in [0, 0.1) is 6.92 Å². The highest BCUT2D eigenvalue weighted by molar-refractivity contribution is 5.97. The minimum atomic E-state index is -0.0628. The number of amides is 1. The van der Waals surface area contributed by atoms with Crippen LogP contribution in [0.4, 0.5) is 0 Å². The summed E-state index contributed by atoms with van der Waals surface area (Å²) in [5.74, 6) is -0.0628. The summed E-state index contributed by atoms with van der Waals surface area (Å²) in [4.78, 5) is 18.4. The van der Waals surface area contributed by atoms with Gasteiger partial charge in [-0.2, -0.15) is 5.10 Å². The first-order chi connectivity index (χ1) is 9.45. The van der Waals surface area contributed by atoms with Gasteiger partial charge in [0.15, 0.2) is 5.65 Å². The topological polar surface area (TPSA) is 60.2 Å². The van der Waals surface area contributed by atoms with Crippen LogP contribution in [-0.4, -0.2) is 52.4 Å². The van der Waals surface area contributed by atoms with Crippen molar-refractivity contribution in [1.29, 1.82) is 0 Å². The number of carbonyl (C=O) groups excluding carboxylic acids is 1. The van der Waals surface area contributed by atoms with Crippen molar-refractivity contribution in [3.63, 3.8) is 0 Å². The van der Waals surface area contributed by atoms with Crippen molar-refractivity contribution in [1.82, 2.24) is 19.7 Å². The summed E-state index contributed by atoms with van der Waals surface area (Å²) in [5, 5.41) is 5.22. The van der Waals surface area contributed by atoms with Crippen LogP contribution in [0.25, 0.3) is 11.0 Å². The molecule has 2 aromatic heterocycles. The summed E-state index contributed by atoms with van der Waals surface area (Å²) in [7, 11) is 5.24. The summed E-state index contributed by atoms with van der Waals surface area (Å²) in [6.07, 6.45) is 1.60. The quantitative estimate of drug-likeness (QED) is 0.846. The van der Waals surface area contributed by atoms with Gasteiger partial charge >= 0.3 is 0 Å². The van der Waals surface area contributed by atoms with E-state index in [1.54, 1.807) is 29.9 Å². The van der Waals surface area contributed by atoms with E-state index >= 15 is 0 Å². The molecule has 20 heavy (non-hydrogen) atoms. The van der Waals surface area contributed by atoms with Crippen LogP contribution in [0.5, 0.6) is 0 Å². The van der Waals surface area contributed by atoms with Crippen molar-refractivity contribution in [2.75, 3.05) is 20.8 Å². The number of pyridine rings is 1. The van der Waals surface area contributed by atoms with Crippen LogP contribution in [0.15, 0.2) is 12.3 Å². The molecular formula is C14H20N4O2. The van der Waals surface area contributed by atoms with Crippen LogP contribution in [0.1, 0.15) is 23.0 Å². The second-order valence-corrected chi connectivity index (χ2v) is 5.02. The van der Waals surface area contributed by atoms with Gasteiger partial charge in [0, 0.05) is 32.8 Å². The third-order valence-electron chi connectivity index (χ3n) is 3.50. The van der Waals surface area contributed by atoms with E-state index in [1.807, 2.05) is 27.0 Å². The van der Waals surface area contributed by atoms with Crippen LogP contribution < -0.4 is 0 Å². The van der Waals surface area contributed by atoms with Crippen LogP contribution in [-0.2, 0) is 11.8 Å². The Balaban J connectivity index is 2.33. The number of ether oxygens (including phenoxy) is 1. The predicted octanol–water partition coefficient (Wildman–Crippen LogP) is 1.38. The largest absolute Gasteiger partial charge is 0.383 e. The van der Waals surface area contributed by atoms with Gasteiger partial charge in [-0.3, -0.25) is 9.48 Å². The molecule has 2 heterocycles. The monoisotopic (exact) mass is 276 g/mol. The maximum absolute atomic E-state index is 12.4. The van der Waals surface area contributed by atoms with Crippen molar-refractivity contribution >= 4 is 16.9 Å². The van der Waals surface area contributed by atoms with Gasteiger partial charge in [0.25, 0.3) is 5.91 Å². The second kappa shape index (κ2) is 5.58. The molecule has 0 radical (unpaired) electrons. The van der Waals surface area contributed by atoms with Gasteiger partial charge in [0.1, 0.15) is 0 Å². The number of methoxy groups -OCH3 is 1. The Labute approximate surface area is 118 Å². The molecule has 0 aliphatic heterocycles. The summed E-state index contributed by atoms with van der Waals surface area (Å²) < 4.78 is 6.80. The fourth-order valence-electron chi connectivity index (χ4n) is 2.18. The first kappa shape index (κ1) is 14.5. The Morgan fingerprint density at radius 3 is 2.90 bits per heavy atom. The molecule has 108 valence electrons. The van der Waals surface area contributed by atoms with E-state index in [2.05, 4.69) is 10.1 Å². The van der Waals surface area contributed by atoms with Gasteiger partial charge in [-0.15, -0.1) is 0 Å². The lowest BCUT2D eigenvalue weighted by atomic mass is 10.1. The number of aryl methyl sites for hydroxylation is 2. The first-order valence-electron chi connectivity index (χ1n) is 6.51. The molecule has 0 aliphatic rings. The fraction of sp³-hybridized carbons (Fsp3) is 0.500. The van der Waals surface area contributed by atoms with Crippen molar-refractivity contribution in [2.45, 2.75) is 19.9 Å². The molecule has 0 aromatic carbocycles. The van der Waals surface area contributed by atoms with Crippen molar-refractivity contribution in [3.05, 3.63) is 23.5 Å². The SMILES string of the molecule is COC[C@H](C)N(C)C(=O)c1cnc2c(c1)c(C)nn2C. The summed E-state index contributed by atoms with van der Waals surface area (Å²) in [5.41, 5.74) is 2.22. The molecule has 0 saturated heterocycles. The number of carbonyl (C=O) groups is 1. The highest BCUT2D eigenvalue weighted by atomic mass is 16.5. The summed E-state index contributed by atoms with van der Waals surface area (Å²) in [6.45, 7) is 4.36. The third-order valence-corrected chi connectivity index (χ3v) is 3.50. The average Bonchev–Trinajstić information content (AvgIpc) is 2.72. The molecule has 0 bridgehead atoms. The zero-order valence-electron chi connectivity index (χ0n) is 12.5. The molecular weight excluding hydrogens is 256 g/mol. The molecule has 0 N–H and O–H groups in total. The van der Waals surface area contributed by atoms with Gasteiger partial charge in [-0.05, 0) is 19.9 Å². The standard InChI is InChI=1S/C14H20N4O2/c1-9(8-20-5)17(3)14(19)11-6-12-10(2)16-18(4)13(12)15-7-11/h6-7,9H,8H2,1-5H3/t9-/m0/s1. The molecule has 0 fully saturated rings. The Morgan fingerprint density at radius 2 is 2.25 bits per heavy atom. The number of likely N-dealkylation sites (N-methyl/N-ethyl adjacent to an activating group) is 1. The minimum Gasteiger partial charge on any atom is -0.383 e. The Bertz CT molecular complexity index is 635. The molecule has 1 atom stereocenters. The van der Waals surface area contributed by atoms with Crippen molar-refractivity contribution in [2.24, 2.45) is 7.05 Å². The zero-order chi connectivity index (χ0) is 14.9. The Morgan fingerprint density at radius 1 is 1.55 bits per heavy atom. The average molecular weight is 276 g/mol. The van der Waals surface area contributed by atoms with Gasteiger partial charge in [-0.1, -0.05) is 0 Å². The molecule has 0 saturated carbocycles. The molecule has 0 unspecified atom stereocenters. The number of hydrogen-bond acceptors (Lipinski definition) is 4. The molecule has 6 nitrogen and oxygen atoms in total. The van der Waals surface area contributed by atoms with Crippen molar-refractivity contribution in [3.8, 4) is 0 Å². The zero-order valence-corrected chi connectivity index (χ0v) is 12.5. The maximum atomic E-state index is 12.4. The minimum absolute atomic E-state index is 0.0122. The van der Waals surface area contributed by atoms with E-state index in [0.29, 0.717) is 12.2 Å². The smallest absolute Gasteiger partial charge is 0.255 e. The second-order valence-electron chi connectivity index (χ2n) is 5.02. The molecule has 1 amide bonds.